The minimum atomic E-state index is -0.619. The Labute approximate surface area is 133 Å². The molecule has 122 valence electrons. The summed E-state index contributed by atoms with van der Waals surface area (Å²) in [5.41, 5.74) is 1.56. The molecule has 0 aliphatic carbocycles. The van der Waals surface area contributed by atoms with Gasteiger partial charge in [0.25, 0.3) is 0 Å². The third kappa shape index (κ3) is 5.02. The van der Waals surface area contributed by atoms with Crippen LogP contribution in [-0.2, 0) is 9.53 Å². The molecular formula is C18H28N2O2. The van der Waals surface area contributed by atoms with Crippen LogP contribution >= 0.6 is 0 Å². The van der Waals surface area contributed by atoms with Gasteiger partial charge in [-0.15, -0.1) is 0 Å². The molecule has 0 bridgehead atoms. The third-order valence-corrected chi connectivity index (χ3v) is 4.17. The van der Waals surface area contributed by atoms with Crippen molar-refractivity contribution in [2.24, 2.45) is 5.92 Å². The highest BCUT2D eigenvalue weighted by molar-refractivity contribution is 5.88. The van der Waals surface area contributed by atoms with Crippen molar-refractivity contribution in [3.63, 3.8) is 0 Å². The van der Waals surface area contributed by atoms with Gasteiger partial charge in [-0.1, -0.05) is 17.7 Å². The van der Waals surface area contributed by atoms with Crippen molar-refractivity contribution < 1.29 is 9.53 Å². The fourth-order valence-corrected chi connectivity index (χ4v) is 2.68. The van der Waals surface area contributed by atoms with Gasteiger partial charge in [0.2, 0.25) is 5.91 Å². The second-order valence-electron chi connectivity index (χ2n) is 6.74. The van der Waals surface area contributed by atoms with Gasteiger partial charge in [-0.2, -0.15) is 0 Å². The second kappa shape index (κ2) is 7.63. The zero-order chi connectivity index (χ0) is 16.0. The Morgan fingerprint density at radius 2 is 2.05 bits per heavy atom. The Morgan fingerprint density at radius 3 is 2.68 bits per heavy atom. The molecule has 1 fully saturated rings. The molecule has 0 saturated carbocycles. The van der Waals surface area contributed by atoms with E-state index in [-0.39, 0.29) is 5.91 Å². The number of ether oxygens (including phenoxy) is 1. The van der Waals surface area contributed by atoms with E-state index in [4.69, 9.17) is 4.74 Å². The van der Waals surface area contributed by atoms with Crippen LogP contribution in [0.1, 0.15) is 38.7 Å². The number of hydrogen-bond acceptors (Lipinski definition) is 3. The van der Waals surface area contributed by atoms with Crippen LogP contribution in [0.3, 0.4) is 0 Å². The summed E-state index contributed by atoms with van der Waals surface area (Å²) in [6.45, 7) is 8.38. The van der Waals surface area contributed by atoms with Gasteiger partial charge in [0.15, 0.2) is 0 Å². The predicted octanol–water partition coefficient (Wildman–Crippen LogP) is 3.12. The smallest absolute Gasteiger partial charge is 0.245 e. The Morgan fingerprint density at radius 1 is 1.32 bits per heavy atom. The second-order valence-corrected chi connectivity index (χ2v) is 6.74. The van der Waals surface area contributed by atoms with E-state index in [9.17, 15) is 4.79 Å². The number of rotatable bonds is 7. The molecule has 4 heteroatoms. The molecule has 1 atom stereocenters. The van der Waals surface area contributed by atoms with E-state index in [0.29, 0.717) is 5.92 Å². The molecule has 1 amide bonds. The maximum absolute atomic E-state index is 12.3. The average molecular weight is 304 g/mol. The number of carbonyl (C=O) groups is 1. The summed E-state index contributed by atoms with van der Waals surface area (Å²) in [6, 6.07) is 8.09. The summed E-state index contributed by atoms with van der Waals surface area (Å²) < 4.78 is 5.37. The largest absolute Gasteiger partial charge is 0.381 e. The quantitative estimate of drug-likeness (QED) is 0.761. The number of aryl methyl sites for hydroxylation is 1. The number of benzene rings is 1. The van der Waals surface area contributed by atoms with Crippen molar-refractivity contribution in [2.75, 3.05) is 25.1 Å². The molecule has 22 heavy (non-hydrogen) atoms. The van der Waals surface area contributed by atoms with Crippen molar-refractivity contribution in [3.8, 4) is 0 Å². The first-order chi connectivity index (χ1) is 10.5. The predicted molar refractivity (Wildman–Crippen MR) is 90.1 cm³/mol. The summed E-state index contributed by atoms with van der Waals surface area (Å²) in [5.74, 6) is 0.714. The van der Waals surface area contributed by atoms with Gasteiger partial charge in [-0.25, -0.2) is 0 Å². The molecule has 0 aromatic heterocycles. The third-order valence-electron chi connectivity index (χ3n) is 4.17. The lowest BCUT2D eigenvalue weighted by Gasteiger charge is -2.26. The molecule has 1 saturated heterocycles. The molecule has 1 aliphatic heterocycles. The molecule has 1 heterocycles. The maximum atomic E-state index is 12.3. The Kier molecular flexibility index (Phi) is 5.83. The topological polar surface area (TPSA) is 50.4 Å². The first-order valence-corrected chi connectivity index (χ1v) is 8.18. The van der Waals surface area contributed by atoms with E-state index in [2.05, 4.69) is 17.6 Å². The molecule has 4 nitrogen and oxygen atoms in total. The lowest BCUT2D eigenvalue weighted by molar-refractivity contribution is -0.124. The lowest BCUT2D eigenvalue weighted by atomic mass is 10.0. The minimum Gasteiger partial charge on any atom is -0.381 e. The van der Waals surface area contributed by atoms with Gasteiger partial charge in [-0.3, -0.25) is 4.79 Å². The van der Waals surface area contributed by atoms with E-state index in [0.717, 1.165) is 44.7 Å². The standard InChI is InChI=1S/C18H28N2O2/c1-14-6-8-16(9-7-14)20-18(2,3)17(21)19-11-4-5-15-10-12-22-13-15/h6-9,15,20H,4-5,10-13H2,1-3H3,(H,19,21). The van der Waals surface area contributed by atoms with Crippen molar-refractivity contribution in [1.29, 1.82) is 0 Å². The van der Waals surface area contributed by atoms with Gasteiger partial charge in [0.1, 0.15) is 5.54 Å². The molecule has 0 radical (unpaired) electrons. The minimum absolute atomic E-state index is 0.0377. The fraction of sp³-hybridized carbons (Fsp3) is 0.611. The van der Waals surface area contributed by atoms with Crippen LogP contribution < -0.4 is 10.6 Å². The van der Waals surface area contributed by atoms with Gasteiger partial charge < -0.3 is 15.4 Å². The molecule has 1 unspecified atom stereocenters. The average Bonchev–Trinajstić information content (AvgIpc) is 2.99. The van der Waals surface area contributed by atoms with E-state index >= 15 is 0 Å². The van der Waals surface area contributed by atoms with E-state index < -0.39 is 5.54 Å². The van der Waals surface area contributed by atoms with Gasteiger partial charge in [0.05, 0.1) is 0 Å². The highest BCUT2D eigenvalue weighted by Crippen LogP contribution is 2.18. The van der Waals surface area contributed by atoms with Crippen LogP contribution in [0.4, 0.5) is 5.69 Å². The van der Waals surface area contributed by atoms with Crippen molar-refractivity contribution in [2.45, 2.75) is 45.6 Å². The van der Waals surface area contributed by atoms with Crippen LogP contribution in [0, 0.1) is 12.8 Å². The number of anilines is 1. The van der Waals surface area contributed by atoms with Crippen LogP contribution in [-0.4, -0.2) is 31.2 Å². The van der Waals surface area contributed by atoms with Crippen molar-refractivity contribution in [1.82, 2.24) is 5.32 Å². The Hall–Kier alpha value is -1.55. The van der Waals surface area contributed by atoms with Gasteiger partial charge in [0, 0.05) is 25.4 Å². The SMILES string of the molecule is Cc1ccc(NC(C)(C)C(=O)NCCCC2CCOC2)cc1. The monoisotopic (exact) mass is 304 g/mol. The summed E-state index contributed by atoms with van der Waals surface area (Å²) in [7, 11) is 0. The normalized spacial score (nSPS) is 18.2. The van der Waals surface area contributed by atoms with Crippen LogP contribution in [0.2, 0.25) is 0 Å². The molecule has 0 spiro atoms. The number of amides is 1. The van der Waals surface area contributed by atoms with E-state index in [1.54, 1.807) is 0 Å². The molecular weight excluding hydrogens is 276 g/mol. The Bertz CT molecular complexity index is 476. The van der Waals surface area contributed by atoms with Crippen molar-refractivity contribution in [3.05, 3.63) is 29.8 Å². The Balaban J connectivity index is 1.73. The highest BCUT2D eigenvalue weighted by Gasteiger charge is 2.27. The molecule has 1 aromatic rings. The van der Waals surface area contributed by atoms with E-state index in [1.165, 1.54) is 5.56 Å². The summed E-state index contributed by atoms with van der Waals surface area (Å²) >= 11 is 0. The lowest BCUT2D eigenvalue weighted by Crippen LogP contribution is -2.48. The van der Waals surface area contributed by atoms with E-state index in [1.807, 2.05) is 38.1 Å². The number of hydrogen-bond donors (Lipinski definition) is 2. The molecule has 2 N–H and O–H groups in total. The zero-order valence-corrected chi connectivity index (χ0v) is 13.9. The zero-order valence-electron chi connectivity index (χ0n) is 13.9. The fourth-order valence-electron chi connectivity index (χ4n) is 2.68. The van der Waals surface area contributed by atoms with Crippen LogP contribution in [0.5, 0.6) is 0 Å². The molecule has 2 rings (SSSR count). The van der Waals surface area contributed by atoms with Gasteiger partial charge in [-0.05, 0) is 58.1 Å². The highest BCUT2D eigenvalue weighted by atomic mass is 16.5. The number of nitrogens with one attached hydrogen (secondary N) is 2. The maximum Gasteiger partial charge on any atom is 0.245 e. The van der Waals surface area contributed by atoms with Crippen LogP contribution in [0.25, 0.3) is 0 Å². The molecule has 1 aliphatic rings. The first-order valence-electron chi connectivity index (χ1n) is 8.18. The number of carbonyl (C=O) groups excluding carboxylic acids is 1. The summed E-state index contributed by atoms with van der Waals surface area (Å²) in [5, 5.41) is 6.33. The van der Waals surface area contributed by atoms with Crippen molar-refractivity contribution >= 4 is 11.6 Å². The van der Waals surface area contributed by atoms with Gasteiger partial charge >= 0.3 is 0 Å². The first kappa shape index (κ1) is 16.8. The molecule has 1 aromatic carbocycles. The van der Waals surface area contributed by atoms with Crippen LogP contribution in [0.15, 0.2) is 24.3 Å². The summed E-state index contributed by atoms with van der Waals surface area (Å²) in [4.78, 5) is 12.3. The summed E-state index contributed by atoms with van der Waals surface area (Å²) in [6.07, 6.45) is 3.31.